The van der Waals surface area contributed by atoms with Gasteiger partial charge in [-0.1, -0.05) is 13.0 Å². The Kier molecular flexibility index (Phi) is 7.11. The Labute approximate surface area is 125 Å². The summed E-state index contributed by atoms with van der Waals surface area (Å²) in [4.78, 5) is 12.8. The SMILES string of the molecule is CCCNc1cc(CN(CCO)C(C)C)ccc1[N+](=O)[O-]. The number of nitro groups is 1. The van der Waals surface area contributed by atoms with Crippen molar-refractivity contribution in [1.82, 2.24) is 4.90 Å². The van der Waals surface area contributed by atoms with Crippen molar-refractivity contribution in [2.75, 3.05) is 25.0 Å². The van der Waals surface area contributed by atoms with Gasteiger partial charge in [0.1, 0.15) is 5.69 Å². The number of nitrogens with zero attached hydrogens (tertiary/aromatic N) is 2. The number of benzene rings is 1. The summed E-state index contributed by atoms with van der Waals surface area (Å²) < 4.78 is 0. The first-order chi connectivity index (χ1) is 9.99. The van der Waals surface area contributed by atoms with Gasteiger partial charge in [-0.15, -0.1) is 0 Å². The smallest absolute Gasteiger partial charge is 0.292 e. The highest BCUT2D eigenvalue weighted by molar-refractivity contribution is 5.62. The van der Waals surface area contributed by atoms with Gasteiger partial charge in [0.2, 0.25) is 0 Å². The van der Waals surface area contributed by atoms with Gasteiger partial charge in [-0.3, -0.25) is 15.0 Å². The molecule has 0 aliphatic rings. The van der Waals surface area contributed by atoms with Crippen LogP contribution in [0.1, 0.15) is 32.8 Å². The minimum atomic E-state index is -0.365. The Bertz CT molecular complexity index is 463. The second-order valence-electron chi connectivity index (χ2n) is 5.32. The maximum Gasteiger partial charge on any atom is 0.292 e. The summed E-state index contributed by atoms with van der Waals surface area (Å²) in [5, 5.41) is 23.3. The van der Waals surface area contributed by atoms with E-state index in [1.54, 1.807) is 12.1 Å². The first kappa shape index (κ1) is 17.4. The van der Waals surface area contributed by atoms with Crippen LogP contribution in [0.15, 0.2) is 18.2 Å². The Balaban J connectivity index is 2.95. The van der Waals surface area contributed by atoms with E-state index < -0.39 is 0 Å². The van der Waals surface area contributed by atoms with Gasteiger partial charge in [0.25, 0.3) is 5.69 Å². The topological polar surface area (TPSA) is 78.6 Å². The molecule has 0 amide bonds. The normalized spacial score (nSPS) is 11.1. The third-order valence-corrected chi connectivity index (χ3v) is 3.33. The molecule has 1 rings (SSSR count). The van der Waals surface area contributed by atoms with Crippen LogP contribution in [0.5, 0.6) is 0 Å². The Morgan fingerprint density at radius 2 is 2.14 bits per heavy atom. The van der Waals surface area contributed by atoms with E-state index in [4.69, 9.17) is 5.11 Å². The number of aliphatic hydroxyl groups excluding tert-OH is 1. The van der Waals surface area contributed by atoms with Crippen molar-refractivity contribution in [3.63, 3.8) is 0 Å². The molecule has 0 saturated heterocycles. The first-order valence-electron chi connectivity index (χ1n) is 7.35. The van der Waals surface area contributed by atoms with Crippen molar-refractivity contribution < 1.29 is 10.0 Å². The van der Waals surface area contributed by atoms with Gasteiger partial charge < -0.3 is 10.4 Å². The van der Waals surface area contributed by atoms with Crippen molar-refractivity contribution in [1.29, 1.82) is 0 Å². The summed E-state index contributed by atoms with van der Waals surface area (Å²) in [5.41, 5.74) is 1.67. The fourth-order valence-electron chi connectivity index (χ4n) is 2.12. The lowest BCUT2D eigenvalue weighted by Gasteiger charge is -2.25. The third-order valence-electron chi connectivity index (χ3n) is 3.33. The molecule has 0 aromatic heterocycles. The molecule has 0 fully saturated rings. The maximum absolute atomic E-state index is 11.1. The number of aliphatic hydroxyl groups is 1. The minimum Gasteiger partial charge on any atom is -0.395 e. The van der Waals surface area contributed by atoms with Gasteiger partial charge in [-0.2, -0.15) is 0 Å². The molecule has 0 aliphatic heterocycles. The molecule has 0 heterocycles. The zero-order chi connectivity index (χ0) is 15.8. The number of hydrogen-bond donors (Lipinski definition) is 2. The van der Waals surface area contributed by atoms with Gasteiger partial charge in [-0.05, 0) is 31.9 Å². The molecule has 6 heteroatoms. The molecule has 0 aliphatic carbocycles. The van der Waals surface area contributed by atoms with E-state index in [-0.39, 0.29) is 17.2 Å². The molecule has 0 atom stereocenters. The van der Waals surface area contributed by atoms with E-state index >= 15 is 0 Å². The largest absolute Gasteiger partial charge is 0.395 e. The lowest BCUT2D eigenvalue weighted by molar-refractivity contribution is -0.384. The summed E-state index contributed by atoms with van der Waals surface area (Å²) in [6.07, 6.45) is 0.907. The summed E-state index contributed by atoms with van der Waals surface area (Å²) in [5.74, 6) is 0. The highest BCUT2D eigenvalue weighted by atomic mass is 16.6. The van der Waals surface area contributed by atoms with Crippen LogP contribution in [-0.2, 0) is 6.54 Å². The lowest BCUT2D eigenvalue weighted by Crippen LogP contribution is -2.32. The molecular weight excluding hydrogens is 270 g/mol. The fraction of sp³-hybridized carbons (Fsp3) is 0.600. The van der Waals surface area contributed by atoms with Crippen molar-refractivity contribution in [2.45, 2.75) is 39.8 Å². The van der Waals surface area contributed by atoms with Crippen LogP contribution < -0.4 is 5.32 Å². The Morgan fingerprint density at radius 3 is 2.67 bits per heavy atom. The molecule has 118 valence electrons. The Hall–Kier alpha value is -1.66. The van der Waals surface area contributed by atoms with E-state index in [1.807, 2.05) is 13.0 Å². The van der Waals surface area contributed by atoms with Crippen LogP contribution >= 0.6 is 0 Å². The van der Waals surface area contributed by atoms with Gasteiger partial charge in [0.15, 0.2) is 0 Å². The molecule has 0 unspecified atom stereocenters. The summed E-state index contributed by atoms with van der Waals surface area (Å²) >= 11 is 0. The van der Waals surface area contributed by atoms with Crippen LogP contribution in [-0.4, -0.2) is 40.7 Å². The molecule has 0 saturated carbocycles. The zero-order valence-electron chi connectivity index (χ0n) is 13.0. The number of nitrogens with one attached hydrogen (secondary N) is 1. The number of rotatable bonds is 9. The summed E-state index contributed by atoms with van der Waals surface area (Å²) in [6.45, 7) is 8.21. The van der Waals surface area contributed by atoms with E-state index in [0.717, 1.165) is 12.0 Å². The van der Waals surface area contributed by atoms with Crippen molar-refractivity contribution in [3.05, 3.63) is 33.9 Å². The molecule has 6 nitrogen and oxygen atoms in total. The van der Waals surface area contributed by atoms with Crippen molar-refractivity contribution >= 4 is 11.4 Å². The number of hydrogen-bond acceptors (Lipinski definition) is 5. The van der Waals surface area contributed by atoms with Gasteiger partial charge in [0.05, 0.1) is 11.5 Å². The monoisotopic (exact) mass is 295 g/mol. The average molecular weight is 295 g/mol. The van der Waals surface area contributed by atoms with E-state index in [0.29, 0.717) is 31.4 Å². The molecular formula is C15H25N3O3. The van der Waals surface area contributed by atoms with Crippen LogP contribution in [0.25, 0.3) is 0 Å². The van der Waals surface area contributed by atoms with Gasteiger partial charge in [0, 0.05) is 31.7 Å². The highest BCUT2D eigenvalue weighted by Gasteiger charge is 2.16. The second-order valence-corrected chi connectivity index (χ2v) is 5.32. The van der Waals surface area contributed by atoms with E-state index in [9.17, 15) is 10.1 Å². The zero-order valence-corrected chi connectivity index (χ0v) is 13.0. The van der Waals surface area contributed by atoms with Gasteiger partial charge >= 0.3 is 0 Å². The molecule has 1 aromatic carbocycles. The van der Waals surface area contributed by atoms with Crippen molar-refractivity contribution in [2.24, 2.45) is 0 Å². The van der Waals surface area contributed by atoms with E-state index in [1.165, 1.54) is 0 Å². The summed E-state index contributed by atoms with van der Waals surface area (Å²) in [6, 6.07) is 5.47. The van der Waals surface area contributed by atoms with Crippen LogP contribution in [0.3, 0.4) is 0 Å². The average Bonchev–Trinajstić information content (AvgIpc) is 2.44. The fourth-order valence-corrected chi connectivity index (χ4v) is 2.12. The molecule has 2 N–H and O–H groups in total. The summed E-state index contributed by atoms with van der Waals surface area (Å²) in [7, 11) is 0. The second kappa shape index (κ2) is 8.59. The van der Waals surface area contributed by atoms with Gasteiger partial charge in [-0.25, -0.2) is 0 Å². The molecule has 1 aromatic rings. The molecule has 21 heavy (non-hydrogen) atoms. The third kappa shape index (κ3) is 5.32. The Morgan fingerprint density at radius 1 is 1.43 bits per heavy atom. The highest BCUT2D eigenvalue weighted by Crippen LogP contribution is 2.26. The standard InChI is InChI=1S/C15H25N3O3/c1-4-7-16-14-10-13(5-6-15(14)18(20)21)11-17(8-9-19)12(2)3/h5-6,10,12,16,19H,4,7-9,11H2,1-3H3. The molecule has 0 spiro atoms. The molecule has 0 radical (unpaired) electrons. The minimum absolute atomic E-state index is 0.102. The quantitative estimate of drug-likeness (QED) is 0.541. The predicted octanol–water partition coefficient (Wildman–Crippen LogP) is 2.62. The predicted molar refractivity (Wildman–Crippen MR) is 84.5 cm³/mol. The van der Waals surface area contributed by atoms with Crippen LogP contribution in [0, 0.1) is 10.1 Å². The van der Waals surface area contributed by atoms with Crippen LogP contribution in [0.4, 0.5) is 11.4 Å². The van der Waals surface area contributed by atoms with Crippen LogP contribution in [0.2, 0.25) is 0 Å². The van der Waals surface area contributed by atoms with E-state index in [2.05, 4.69) is 24.1 Å². The number of nitro benzene ring substituents is 1. The number of anilines is 1. The lowest BCUT2D eigenvalue weighted by atomic mass is 10.1. The molecule has 0 bridgehead atoms. The first-order valence-corrected chi connectivity index (χ1v) is 7.35. The van der Waals surface area contributed by atoms with Crippen molar-refractivity contribution in [3.8, 4) is 0 Å². The maximum atomic E-state index is 11.1.